The fraction of sp³-hybridized carbons (Fsp3) is 0.500. The molecule has 0 bridgehead atoms. The van der Waals surface area contributed by atoms with Gasteiger partial charge in [0.15, 0.2) is 0 Å². The maximum Gasteiger partial charge on any atom is 0.250 e. The molecule has 1 unspecified atom stereocenters. The van der Waals surface area contributed by atoms with Gasteiger partial charge < -0.3 is 20.1 Å². The molecule has 19 heavy (non-hydrogen) atoms. The Bertz CT molecular complexity index is 417. The zero-order valence-corrected chi connectivity index (χ0v) is 11.1. The number of amides is 1. The molecule has 5 heteroatoms. The van der Waals surface area contributed by atoms with Crippen LogP contribution in [0.1, 0.15) is 5.56 Å². The van der Waals surface area contributed by atoms with Gasteiger partial charge in [-0.25, -0.2) is 0 Å². The Hall–Kier alpha value is -1.59. The van der Waals surface area contributed by atoms with Crippen LogP contribution < -0.4 is 15.4 Å². The monoisotopic (exact) mass is 264 g/mol. The molecule has 104 valence electrons. The molecule has 0 radical (unpaired) electrons. The van der Waals surface area contributed by atoms with Gasteiger partial charge >= 0.3 is 0 Å². The molecule has 1 amide bonds. The lowest BCUT2D eigenvalue weighted by Crippen LogP contribution is -2.48. The normalized spacial score (nSPS) is 18.9. The van der Waals surface area contributed by atoms with E-state index in [0.717, 1.165) is 17.9 Å². The van der Waals surface area contributed by atoms with Gasteiger partial charge in [0.25, 0.3) is 5.91 Å². The molecule has 0 spiro atoms. The number of hydrogen-bond donors (Lipinski definition) is 2. The third kappa shape index (κ3) is 4.54. The standard InChI is InChI=1S/C14H20N2O3/c1-11-3-2-4-12(9-11)18-8-6-16-14(17)13-10-15-5-7-19-13/h2-4,9,13,15H,5-8,10H2,1H3,(H,16,17). The molecule has 5 nitrogen and oxygen atoms in total. The van der Waals surface area contributed by atoms with Crippen LogP contribution in [-0.4, -0.2) is 44.9 Å². The summed E-state index contributed by atoms with van der Waals surface area (Å²) in [5.41, 5.74) is 1.16. The van der Waals surface area contributed by atoms with E-state index in [1.165, 1.54) is 0 Å². The summed E-state index contributed by atoms with van der Waals surface area (Å²) in [6.45, 7) is 4.91. The van der Waals surface area contributed by atoms with E-state index in [2.05, 4.69) is 10.6 Å². The van der Waals surface area contributed by atoms with Gasteiger partial charge in [0.05, 0.1) is 13.2 Å². The predicted octanol–water partition coefficient (Wildman–Crippen LogP) is 0.478. The SMILES string of the molecule is Cc1cccc(OCCNC(=O)C2CNCCO2)c1. The highest BCUT2D eigenvalue weighted by atomic mass is 16.5. The Morgan fingerprint density at radius 3 is 3.21 bits per heavy atom. The molecule has 0 aliphatic carbocycles. The molecule has 0 saturated carbocycles. The van der Waals surface area contributed by atoms with Crippen LogP contribution in [-0.2, 0) is 9.53 Å². The predicted molar refractivity (Wildman–Crippen MR) is 72.3 cm³/mol. The van der Waals surface area contributed by atoms with E-state index in [0.29, 0.717) is 26.3 Å². The minimum Gasteiger partial charge on any atom is -0.492 e. The molecule has 1 aliphatic heterocycles. The lowest BCUT2D eigenvalue weighted by Gasteiger charge is -2.22. The number of morpholine rings is 1. The van der Waals surface area contributed by atoms with Crippen LogP contribution in [0.4, 0.5) is 0 Å². The number of hydrogen-bond acceptors (Lipinski definition) is 4. The van der Waals surface area contributed by atoms with Crippen LogP contribution in [0.15, 0.2) is 24.3 Å². The topological polar surface area (TPSA) is 59.6 Å². The molecule has 0 aromatic heterocycles. The van der Waals surface area contributed by atoms with Gasteiger partial charge in [-0.2, -0.15) is 0 Å². The number of carbonyl (C=O) groups is 1. The van der Waals surface area contributed by atoms with Crippen molar-refractivity contribution in [2.45, 2.75) is 13.0 Å². The van der Waals surface area contributed by atoms with Crippen molar-refractivity contribution in [1.29, 1.82) is 0 Å². The van der Waals surface area contributed by atoms with Gasteiger partial charge in [-0.1, -0.05) is 12.1 Å². The molecule has 1 atom stereocenters. The van der Waals surface area contributed by atoms with Crippen LogP contribution in [0.25, 0.3) is 0 Å². The number of nitrogens with one attached hydrogen (secondary N) is 2. The first-order valence-electron chi connectivity index (χ1n) is 6.55. The number of aryl methyl sites for hydroxylation is 1. The summed E-state index contributed by atoms with van der Waals surface area (Å²) in [4.78, 5) is 11.7. The molecule has 1 fully saturated rings. The van der Waals surface area contributed by atoms with Crippen LogP contribution in [0, 0.1) is 6.92 Å². The van der Waals surface area contributed by atoms with E-state index in [9.17, 15) is 4.79 Å². The third-order valence-electron chi connectivity index (χ3n) is 2.88. The van der Waals surface area contributed by atoms with E-state index in [1.807, 2.05) is 31.2 Å². The fourth-order valence-electron chi connectivity index (χ4n) is 1.90. The van der Waals surface area contributed by atoms with E-state index < -0.39 is 0 Å². The van der Waals surface area contributed by atoms with Gasteiger partial charge in [0, 0.05) is 13.1 Å². The van der Waals surface area contributed by atoms with Crippen LogP contribution in [0.5, 0.6) is 5.75 Å². The number of benzene rings is 1. The maximum absolute atomic E-state index is 11.7. The minimum atomic E-state index is -0.382. The number of ether oxygens (including phenoxy) is 2. The average Bonchev–Trinajstić information content (AvgIpc) is 2.44. The Morgan fingerprint density at radius 1 is 1.58 bits per heavy atom. The summed E-state index contributed by atoms with van der Waals surface area (Å²) >= 11 is 0. The van der Waals surface area contributed by atoms with Crippen molar-refractivity contribution < 1.29 is 14.3 Å². The Kier molecular flexibility index (Phi) is 5.18. The lowest BCUT2D eigenvalue weighted by molar-refractivity contribution is -0.134. The van der Waals surface area contributed by atoms with Crippen molar-refractivity contribution >= 4 is 5.91 Å². The maximum atomic E-state index is 11.7. The molecule has 1 aliphatic rings. The van der Waals surface area contributed by atoms with Crippen LogP contribution in [0.2, 0.25) is 0 Å². The van der Waals surface area contributed by atoms with E-state index in [-0.39, 0.29) is 12.0 Å². The van der Waals surface area contributed by atoms with Crippen LogP contribution >= 0.6 is 0 Å². The number of rotatable bonds is 5. The smallest absolute Gasteiger partial charge is 0.250 e. The highest BCUT2D eigenvalue weighted by Gasteiger charge is 2.20. The molecule has 1 heterocycles. The van der Waals surface area contributed by atoms with Crippen molar-refractivity contribution in [3.8, 4) is 5.75 Å². The molecule has 2 N–H and O–H groups in total. The van der Waals surface area contributed by atoms with E-state index in [1.54, 1.807) is 0 Å². The number of carbonyl (C=O) groups excluding carboxylic acids is 1. The fourth-order valence-corrected chi connectivity index (χ4v) is 1.90. The molecule has 1 saturated heterocycles. The van der Waals surface area contributed by atoms with Crippen molar-refractivity contribution in [3.05, 3.63) is 29.8 Å². The van der Waals surface area contributed by atoms with Gasteiger partial charge in [-0.05, 0) is 24.6 Å². The highest BCUT2D eigenvalue weighted by molar-refractivity contribution is 5.81. The van der Waals surface area contributed by atoms with Crippen molar-refractivity contribution in [1.82, 2.24) is 10.6 Å². The van der Waals surface area contributed by atoms with Gasteiger partial charge in [-0.3, -0.25) is 4.79 Å². The van der Waals surface area contributed by atoms with Crippen molar-refractivity contribution in [2.24, 2.45) is 0 Å². The second-order valence-electron chi connectivity index (χ2n) is 4.52. The third-order valence-corrected chi connectivity index (χ3v) is 2.88. The second kappa shape index (κ2) is 7.11. The molecular weight excluding hydrogens is 244 g/mol. The van der Waals surface area contributed by atoms with Gasteiger partial charge in [0.1, 0.15) is 18.5 Å². The van der Waals surface area contributed by atoms with Crippen LogP contribution in [0.3, 0.4) is 0 Å². The first-order valence-corrected chi connectivity index (χ1v) is 6.55. The molecule has 2 rings (SSSR count). The summed E-state index contributed by atoms with van der Waals surface area (Å²) in [6, 6.07) is 7.84. The Labute approximate surface area is 113 Å². The summed E-state index contributed by atoms with van der Waals surface area (Å²) < 4.78 is 10.9. The quantitative estimate of drug-likeness (QED) is 0.759. The zero-order chi connectivity index (χ0) is 13.5. The van der Waals surface area contributed by atoms with Crippen molar-refractivity contribution in [2.75, 3.05) is 32.8 Å². The Balaban J connectivity index is 1.65. The highest BCUT2D eigenvalue weighted by Crippen LogP contribution is 2.11. The van der Waals surface area contributed by atoms with Gasteiger partial charge in [-0.15, -0.1) is 0 Å². The average molecular weight is 264 g/mol. The van der Waals surface area contributed by atoms with E-state index in [4.69, 9.17) is 9.47 Å². The second-order valence-corrected chi connectivity index (χ2v) is 4.52. The molecular formula is C14H20N2O3. The molecule has 1 aromatic carbocycles. The van der Waals surface area contributed by atoms with Gasteiger partial charge in [0.2, 0.25) is 0 Å². The molecule has 1 aromatic rings. The summed E-state index contributed by atoms with van der Waals surface area (Å²) in [5, 5.41) is 5.93. The minimum absolute atomic E-state index is 0.0833. The summed E-state index contributed by atoms with van der Waals surface area (Å²) in [7, 11) is 0. The summed E-state index contributed by atoms with van der Waals surface area (Å²) in [6.07, 6.45) is -0.382. The largest absolute Gasteiger partial charge is 0.492 e. The van der Waals surface area contributed by atoms with Crippen molar-refractivity contribution in [3.63, 3.8) is 0 Å². The Morgan fingerprint density at radius 2 is 2.47 bits per heavy atom. The van der Waals surface area contributed by atoms with E-state index >= 15 is 0 Å². The summed E-state index contributed by atoms with van der Waals surface area (Å²) in [5.74, 6) is 0.741. The first kappa shape index (κ1) is 13.8. The zero-order valence-electron chi connectivity index (χ0n) is 11.1. The lowest BCUT2D eigenvalue weighted by atomic mass is 10.2. The first-order chi connectivity index (χ1) is 9.25.